The normalized spacial score (nSPS) is 26.9. The summed E-state index contributed by atoms with van der Waals surface area (Å²) in [6.45, 7) is 0. The number of amides is 4. The molecule has 264 valence electrons. The highest BCUT2D eigenvalue weighted by Crippen LogP contribution is 2.65. The predicted octanol–water partition coefficient (Wildman–Crippen LogP) is 7.30. The van der Waals surface area contributed by atoms with Crippen LogP contribution in [-0.2, 0) is 30.8 Å². The zero-order valence-corrected chi connectivity index (χ0v) is 28.4. The average molecular weight is 748 g/mol. The van der Waals surface area contributed by atoms with Crippen LogP contribution >= 0.6 is 23.2 Å². The molecule has 0 unspecified atom stereocenters. The largest absolute Gasteiger partial charge is 0.508 e. The molecule has 2 saturated heterocycles. The molecule has 2 aliphatic heterocycles. The van der Waals surface area contributed by atoms with Gasteiger partial charge in [-0.15, -0.1) is 0 Å². The van der Waals surface area contributed by atoms with Crippen LogP contribution in [0.1, 0.15) is 35.4 Å². The topological polar surface area (TPSA) is 120 Å². The first-order valence-electron chi connectivity index (χ1n) is 16.4. The molecule has 6 atom stereocenters. The van der Waals surface area contributed by atoms with Gasteiger partial charge in [0.05, 0.1) is 39.4 Å². The number of carbonyl (C=O) groups excluding carboxylic acids is 4. The summed E-state index contributed by atoms with van der Waals surface area (Å²) in [6, 6.07) is 22.0. The first kappa shape index (κ1) is 33.9. The highest BCUT2D eigenvalue weighted by molar-refractivity contribution is 6.33. The number of hydrogen-bond donors (Lipinski definition) is 2. The maximum atomic E-state index is 15.2. The standard InChI is InChI=1S/C38H27Cl2F3N4O5/c39-21-12-10-19(11-13-21)37-27(34(50)47(36(37)52)45-32-28(40)16-20(18-44-32)38(41,42)43)17-26-23(31(37)24-8-4-5-9-29(24)48)14-15-25-30(26)35(51)46(33(25)49)22-6-2-1-3-7-22/h1-14,16,18,25-27,30-31,48H,15,17H2,(H,44,45)/t25-,26+,27-,30-,31+,37+/m0/s1. The molecule has 1 aromatic heterocycles. The molecule has 52 heavy (non-hydrogen) atoms. The Hall–Kier alpha value is -5.20. The lowest BCUT2D eigenvalue weighted by Crippen LogP contribution is -2.53. The number of para-hydroxylation sites is 2. The van der Waals surface area contributed by atoms with E-state index in [2.05, 4.69) is 10.4 Å². The molecule has 0 radical (unpaired) electrons. The van der Waals surface area contributed by atoms with Crippen LogP contribution in [-0.4, -0.2) is 38.7 Å². The molecule has 1 saturated carbocycles. The van der Waals surface area contributed by atoms with E-state index >= 15 is 4.79 Å². The summed E-state index contributed by atoms with van der Waals surface area (Å²) in [5.41, 5.74) is 1.43. The third-order valence-electron chi connectivity index (χ3n) is 10.8. The summed E-state index contributed by atoms with van der Waals surface area (Å²) in [6.07, 6.45) is -2.24. The molecular formula is C38H27Cl2F3N4O5. The number of aromatic hydroxyl groups is 1. The molecule has 2 aliphatic carbocycles. The molecule has 4 aromatic rings. The molecule has 0 bridgehead atoms. The van der Waals surface area contributed by atoms with Crippen LogP contribution in [0.2, 0.25) is 10.0 Å². The van der Waals surface area contributed by atoms with Gasteiger partial charge < -0.3 is 5.11 Å². The van der Waals surface area contributed by atoms with E-state index in [-0.39, 0.29) is 30.3 Å². The number of allylic oxidation sites excluding steroid dienone is 2. The SMILES string of the molecule is O=C1[C@@H]2C[C@@H]3C(=CC[C@@H]4C(=O)N(c5ccccc5)C(=O)[C@@H]43)[C@H](c3ccccc3O)[C@]2(c2ccc(Cl)cc2)C(=O)N1Nc1ncc(C(F)(F)F)cc1Cl. The Morgan fingerprint density at radius 1 is 0.865 bits per heavy atom. The van der Waals surface area contributed by atoms with Crippen molar-refractivity contribution in [1.82, 2.24) is 9.99 Å². The summed E-state index contributed by atoms with van der Waals surface area (Å²) >= 11 is 12.5. The zero-order chi connectivity index (χ0) is 36.7. The number of anilines is 2. The number of hydrazine groups is 1. The summed E-state index contributed by atoms with van der Waals surface area (Å²) in [4.78, 5) is 63.0. The fourth-order valence-corrected chi connectivity index (χ4v) is 9.03. The number of hydrogen-bond acceptors (Lipinski definition) is 7. The average Bonchev–Trinajstić information content (AvgIpc) is 3.50. The third kappa shape index (κ3) is 4.95. The number of nitrogens with zero attached hydrogens (tertiary/aromatic N) is 3. The summed E-state index contributed by atoms with van der Waals surface area (Å²) in [5, 5.41) is 12.0. The van der Waals surface area contributed by atoms with E-state index in [1.807, 2.05) is 6.08 Å². The van der Waals surface area contributed by atoms with Crippen LogP contribution < -0.4 is 10.3 Å². The lowest BCUT2D eigenvalue weighted by molar-refractivity contribution is -0.139. The number of nitrogens with one attached hydrogen (secondary N) is 1. The number of pyridine rings is 1. The van der Waals surface area contributed by atoms with Gasteiger partial charge in [-0.25, -0.2) is 4.98 Å². The van der Waals surface area contributed by atoms with Crippen molar-refractivity contribution in [3.05, 3.63) is 130 Å². The number of halogens is 5. The number of phenols is 1. The molecule has 9 nitrogen and oxygen atoms in total. The van der Waals surface area contributed by atoms with E-state index in [0.717, 1.165) is 0 Å². The fraction of sp³-hybridized carbons (Fsp3) is 0.237. The highest BCUT2D eigenvalue weighted by Gasteiger charge is 2.70. The van der Waals surface area contributed by atoms with Crippen LogP contribution in [0.15, 0.2) is 103 Å². The van der Waals surface area contributed by atoms with Gasteiger partial charge in [0.2, 0.25) is 11.8 Å². The second kappa shape index (κ2) is 12.2. The minimum absolute atomic E-state index is 0.0434. The molecule has 3 aromatic carbocycles. The smallest absolute Gasteiger partial charge is 0.417 e. The van der Waals surface area contributed by atoms with Crippen LogP contribution in [0.5, 0.6) is 5.75 Å². The van der Waals surface area contributed by atoms with Crippen molar-refractivity contribution in [3.63, 3.8) is 0 Å². The quantitative estimate of drug-likeness (QED) is 0.163. The zero-order valence-electron chi connectivity index (χ0n) is 26.9. The first-order valence-corrected chi connectivity index (χ1v) is 17.1. The van der Waals surface area contributed by atoms with E-state index in [0.29, 0.717) is 44.7 Å². The van der Waals surface area contributed by atoms with Crippen LogP contribution in [0.25, 0.3) is 0 Å². The second-order valence-corrected chi connectivity index (χ2v) is 14.2. The summed E-state index contributed by atoms with van der Waals surface area (Å²) in [5.74, 6) is -7.41. The monoisotopic (exact) mass is 746 g/mol. The minimum atomic E-state index is -4.75. The first-order chi connectivity index (χ1) is 24.8. The van der Waals surface area contributed by atoms with E-state index in [1.54, 1.807) is 72.8 Å². The van der Waals surface area contributed by atoms with Gasteiger partial charge in [0, 0.05) is 22.7 Å². The fourth-order valence-electron chi connectivity index (χ4n) is 8.69. The van der Waals surface area contributed by atoms with Gasteiger partial charge in [0.1, 0.15) is 5.75 Å². The van der Waals surface area contributed by atoms with Gasteiger partial charge in [-0.05, 0) is 60.7 Å². The number of phenolic OH excluding ortho intramolecular Hbond substituents is 1. The molecule has 4 amide bonds. The third-order valence-corrected chi connectivity index (χ3v) is 11.4. The van der Waals surface area contributed by atoms with Crippen molar-refractivity contribution < 1.29 is 37.5 Å². The second-order valence-electron chi connectivity index (χ2n) is 13.3. The minimum Gasteiger partial charge on any atom is -0.508 e. The Labute approximate surface area is 304 Å². The van der Waals surface area contributed by atoms with E-state index in [4.69, 9.17) is 23.2 Å². The van der Waals surface area contributed by atoms with Gasteiger partial charge in [-0.3, -0.25) is 29.5 Å². The lowest BCUT2D eigenvalue weighted by atomic mass is 9.49. The Bertz CT molecular complexity index is 2200. The molecule has 4 aliphatic rings. The van der Waals surface area contributed by atoms with Crippen LogP contribution in [0.4, 0.5) is 24.7 Å². The Kier molecular flexibility index (Phi) is 7.96. The Morgan fingerprint density at radius 2 is 1.56 bits per heavy atom. The van der Waals surface area contributed by atoms with Crippen molar-refractivity contribution in [2.75, 3.05) is 10.3 Å². The molecule has 8 rings (SSSR count). The molecule has 2 N–H and O–H groups in total. The number of carbonyl (C=O) groups is 4. The van der Waals surface area contributed by atoms with E-state index in [1.165, 1.54) is 11.0 Å². The maximum absolute atomic E-state index is 15.2. The number of fused-ring (bicyclic) bond motifs is 4. The number of benzene rings is 3. The Balaban J connectivity index is 1.31. The van der Waals surface area contributed by atoms with E-state index in [9.17, 15) is 32.7 Å². The number of alkyl halides is 3. The van der Waals surface area contributed by atoms with Crippen LogP contribution in [0, 0.1) is 23.7 Å². The maximum Gasteiger partial charge on any atom is 0.417 e. The van der Waals surface area contributed by atoms with Crippen molar-refractivity contribution >= 4 is 58.3 Å². The molecule has 0 spiro atoms. The van der Waals surface area contributed by atoms with Crippen molar-refractivity contribution in [2.24, 2.45) is 23.7 Å². The van der Waals surface area contributed by atoms with Gasteiger partial charge in [-0.1, -0.05) is 83.4 Å². The highest BCUT2D eigenvalue weighted by atomic mass is 35.5. The lowest BCUT2D eigenvalue weighted by Gasteiger charge is -2.50. The predicted molar refractivity (Wildman–Crippen MR) is 184 cm³/mol. The molecule has 14 heteroatoms. The van der Waals surface area contributed by atoms with Crippen LogP contribution in [0.3, 0.4) is 0 Å². The molecular weight excluding hydrogens is 720 g/mol. The molecule has 3 fully saturated rings. The van der Waals surface area contributed by atoms with Crippen molar-refractivity contribution in [3.8, 4) is 5.75 Å². The van der Waals surface area contributed by atoms with Gasteiger partial charge in [-0.2, -0.15) is 18.2 Å². The Morgan fingerprint density at radius 3 is 2.23 bits per heavy atom. The summed E-state index contributed by atoms with van der Waals surface area (Å²) in [7, 11) is 0. The van der Waals surface area contributed by atoms with Gasteiger partial charge in [0.25, 0.3) is 11.8 Å². The van der Waals surface area contributed by atoms with Gasteiger partial charge in [0.15, 0.2) is 5.82 Å². The number of imide groups is 2. The summed E-state index contributed by atoms with van der Waals surface area (Å²) < 4.78 is 40.3. The molecule has 3 heterocycles. The number of aromatic nitrogens is 1. The van der Waals surface area contributed by atoms with E-state index < -0.39 is 69.5 Å². The van der Waals surface area contributed by atoms with Gasteiger partial charge >= 0.3 is 6.18 Å². The van der Waals surface area contributed by atoms with Crippen molar-refractivity contribution in [1.29, 1.82) is 0 Å². The number of rotatable bonds is 5. The van der Waals surface area contributed by atoms with Crippen molar-refractivity contribution in [2.45, 2.75) is 30.4 Å².